The minimum Gasteiger partial charge on any atom is -0.371 e. The van der Waals surface area contributed by atoms with Crippen LogP contribution in [0.25, 0.3) is 0 Å². The quantitative estimate of drug-likeness (QED) is 0.895. The van der Waals surface area contributed by atoms with Gasteiger partial charge in [0.25, 0.3) is 0 Å². The first-order chi connectivity index (χ1) is 9.02. The lowest BCUT2D eigenvalue weighted by Gasteiger charge is -2.37. The zero-order valence-corrected chi connectivity index (χ0v) is 12.2. The van der Waals surface area contributed by atoms with Gasteiger partial charge in [-0.2, -0.15) is 0 Å². The van der Waals surface area contributed by atoms with Crippen LogP contribution in [0.1, 0.15) is 13.3 Å². The molecule has 0 saturated carbocycles. The highest BCUT2D eigenvalue weighted by molar-refractivity contribution is 7.93. The third-order valence-corrected chi connectivity index (χ3v) is 6.01. The summed E-state index contributed by atoms with van der Waals surface area (Å²) in [6, 6.07) is 7.59. The van der Waals surface area contributed by atoms with Gasteiger partial charge >= 0.3 is 0 Å². The summed E-state index contributed by atoms with van der Waals surface area (Å²) in [5.74, 6) is 0. The number of rotatable bonds is 4. The second-order valence-electron chi connectivity index (χ2n) is 4.79. The average molecular weight is 283 g/mol. The van der Waals surface area contributed by atoms with Crippen molar-refractivity contribution in [3.05, 3.63) is 24.3 Å². The van der Waals surface area contributed by atoms with E-state index in [-0.39, 0.29) is 6.54 Å². The summed E-state index contributed by atoms with van der Waals surface area (Å²) >= 11 is 0. The number of nitrogens with zero attached hydrogens (tertiary/aromatic N) is 2. The van der Waals surface area contributed by atoms with Crippen molar-refractivity contribution in [2.24, 2.45) is 5.73 Å². The molecule has 0 aliphatic carbocycles. The first kappa shape index (κ1) is 14.1. The Kier molecular flexibility index (Phi) is 4.01. The molecule has 0 saturated heterocycles. The van der Waals surface area contributed by atoms with Crippen LogP contribution in [-0.4, -0.2) is 40.3 Å². The number of para-hydroxylation sites is 2. The molecule has 0 amide bonds. The zero-order chi connectivity index (χ0) is 14.0. The van der Waals surface area contributed by atoms with E-state index in [1.807, 2.05) is 38.2 Å². The van der Waals surface area contributed by atoms with Crippen LogP contribution in [0.3, 0.4) is 0 Å². The van der Waals surface area contributed by atoms with E-state index in [0.29, 0.717) is 19.5 Å². The largest absolute Gasteiger partial charge is 0.371 e. The van der Waals surface area contributed by atoms with E-state index in [4.69, 9.17) is 5.73 Å². The van der Waals surface area contributed by atoms with E-state index in [2.05, 4.69) is 4.90 Å². The van der Waals surface area contributed by atoms with Crippen LogP contribution < -0.4 is 14.9 Å². The third-order valence-electron chi connectivity index (χ3n) is 3.65. The monoisotopic (exact) mass is 283 g/mol. The highest BCUT2D eigenvalue weighted by atomic mass is 32.2. The second-order valence-corrected chi connectivity index (χ2v) is 6.93. The van der Waals surface area contributed by atoms with Gasteiger partial charge in [-0.05, 0) is 18.6 Å². The molecule has 0 bridgehead atoms. The minimum atomic E-state index is -3.38. The van der Waals surface area contributed by atoms with Gasteiger partial charge in [0.05, 0.1) is 23.2 Å². The van der Waals surface area contributed by atoms with E-state index >= 15 is 0 Å². The van der Waals surface area contributed by atoms with Gasteiger partial charge < -0.3 is 10.6 Å². The van der Waals surface area contributed by atoms with Crippen molar-refractivity contribution >= 4 is 21.4 Å². The molecule has 1 aliphatic heterocycles. The molecule has 1 unspecified atom stereocenters. The lowest BCUT2D eigenvalue weighted by atomic mass is 10.2. The van der Waals surface area contributed by atoms with Crippen molar-refractivity contribution in [2.45, 2.75) is 18.6 Å². The molecular formula is C13H21N3O2S. The van der Waals surface area contributed by atoms with Crippen LogP contribution in [0.4, 0.5) is 11.4 Å². The number of anilines is 2. The summed E-state index contributed by atoms with van der Waals surface area (Å²) in [6.07, 6.45) is 0.535. The molecule has 106 valence electrons. The van der Waals surface area contributed by atoms with Gasteiger partial charge in [-0.3, -0.25) is 4.31 Å². The molecule has 1 atom stereocenters. The van der Waals surface area contributed by atoms with Gasteiger partial charge in [-0.15, -0.1) is 0 Å². The van der Waals surface area contributed by atoms with Crippen LogP contribution in [-0.2, 0) is 10.0 Å². The summed E-state index contributed by atoms with van der Waals surface area (Å²) in [4.78, 5) is 2.07. The molecule has 0 fully saturated rings. The Hall–Kier alpha value is -1.27. The summed E-state index contributed by atoms with van der Waals surface area (Å²) < 4.78 is 26.8. The Labute approximate surface area is 115 Å². The lowest BCUT2D eigenvalue weighted by molar-refractivity contribution is 0.569. The molecule has 5 nitrogen and oxygen atoms in total. The van der Waals surface area contributed by atoms with E-state index in [1.54, 1.807) is 0 Å². The van der Waals surface area contributed by atoms with Gasteiger partial charge in [0.2, 0.25) is 10.0 Å². The molecule has 1 heterocycles. The van der Waals surface area contributed by atoms with E-state index < -0.39 is 15.3 Å². The molecule has 6 heteroatoms. The number of likely N-dealkylation sites (N-methyl/N-ethyl adjacent to an activating group) is 1. The topological polar surface area (TPSA) is 66.6 Å². The van der Waals surface area contributed by atoms with E-state index in [1.165, 1.54) is 4.31 Å². The molecule has 19 heavy (non-hydrogen) atoms. The minimum absolute atomic E-state index is 0.160. The maximum atomic E-state index is 12.6. The molecule has 0 spiro atoms. The highest BCUT2D eigenvalue weighted by Gasteiger charge is 2.34. The lowest BCUT2D eigenvalue weighted by Crippen LogP contribution is -2.48. The van der Waals surface area contributed by atoms with Gasteiger partial charge in [0.15, 0.2) is 0 Å². The van der Waals surface area contributed by atoms with Crippen molar-refractivity contribution in [2.75, 3.05) is 35.9 Å². The summed E-state index contributed by atoms with van der Waals surface area (Å²) in [5.41, 5.74) is 7.31. The third kappa shape index (κ3) is 2.42. The fourth-order valence-corrected chi connectivity index (χ4v) is 4.21. The SMILES string of the molecule is CCC(CN)S(=O)(=O)N1CCN(C)c2ccccc21. The summed E-state index contributed by atoms with van der Waals surface area (Å²) in [5, 5.41) is -0.510. The fourth-order valence-electron chi connectivity index (χ4n) is 2.42. The fraction of sp³-hybridized carbons (Fsp3) is 0.538. The van der Waals surface area contributed by atoms with Crippen LogP contribution >= 0.6 is 0 Å². The summed E-state index contributed by atoms with van der Waals surface area (Å²) in [7, 11) is -1.40. The second kappa shape index (κ2) is 5.38. The smallest absolute Gasteiger partial charge is 0.239 e. The normalized spacial score (nSPS) is 17.2. The van der Waals surface area contributed by atoms with E-state index in [0.717, 1.165) is 11.4 Å². The van der Waals surface area contributed by atoms with Gasteiger partial charge in [-0.1, -0.05) is 19.1 Å². The molecule has 0 aromatic heterocycles. The molecule has 2 N–H and O–H groups in total. The van der Waals surface area contributed by atoms with Gasteiger partial charge in [0.1, 0.15) is 0 Å². The standard InChI is InChI=1S/C13H21N3O2S/c1-3-11(10-14)19(17,18)16-9-8-15(2)12-6-4-5-7-13(12)16/h4-7,11H,3,8-10,14H2,1-2H3. The Morgan fingerprint density at radius 1 is 1.26 bits per heavy atom. The molecule has 1 aromatic carbocycles. The van der Waals surface area contributed by atoms with Crippen LogP contribution in [0, 0.1) is 0 Å². The molecule has 0 radical (unpaired) electrons. The number of sulfonamides is 1. The Balaban J connectivity index is 2.45. The van der Waals surface area contributed by atoms with Gasteiger partial charge in [-0.25, -0.2) is 8.42 Å². The van der Waals surface area contributed by atoms with E-state index in [9.17, 15) is 8.42 Å². The number of fused-ring (bicyclic) bond motifs is 1. The Morgan fingerprint density at radius 3 is 2.47 bits per heavy atom. The highest BCUT2D eigenvalue weighted by Crippen LogP contribution is 2.34. The Bertz CT molecular complexity index is 541. The number of hydrogen-bond acceptors (Lipinski definition) is 4. The summed E-state index contributed by atoms with van der Waals surface area (Å²) in [6.45, 7) is 3.19. The van der Waals surface area contributed by atoms with Crippen LogP contribution in [0.15, 0.2) is 24.3 Å². The first-order valence-electron chi connectivity index (χ1n) is 6.54. The number of nitrogens with two attached hydrogens (primary N) is 1. The van der Waals surface area contributed by atoms with Crippen molar-refractivity contribution in [1.82, 2.24) is 0 Å². The Morgan fingerprint density at radius 2 is 1.89 bits per heavy atom. The molecular weight excluding hydrogens is 262 g/mol. The predicted molar refractivity (Wildman–Crippen MR) is 79.1 cm³/mol. The molecule has 1 aliphatic rings. The van der Waals surface area contributed by atoms with Crippen molar-refractivity contribution in [3.8, 4) is 0 Å². The average Bonchev–Trinajstić information content (AvgIpc) is 2.40. The zero-order valence-electron chi connectivity index (χ0n) is 11.4. The maximum absolute atomic E-state index is 12.6. The first-order valence-corrected chi connectivity index (χ1v) is 8.04. The molecule has 1 aromatic rings. The molecule has 2 rings (SSSR count). The number of hydrogen-bond donors (Lipinski definition) is 1. The van der Waals surface area contributed by atoms with Crippen molar-refractivity contribution in [3.63, 3.8) is 0 Å². The van der Waals surface area contributed by atoms with Crippen LogP contribution in [0.2, 0.25) is 0 Å². The van der Waals surface area contributed by atoms with Gasteiger partial charge in [0, 0.05) is 20.1 Å². The number of benzene rings is 1. The van der Waals surface area contributed by atoms with Crippen molar-refractivity contribution in [1.29, 1.82) is 0 Å². The van der Waals surface area contributed by atoms with Crippen LogP contribution in [0.5, 0.6) is 0 Å². The predicted octanol–water partition coefficient (Wildman–Crippen LogP) is 1.01. The maximum Gasteiger partial charge on any atom is 0.239 e. The van der Waals surface area contributed by atoms with Crippen molar-refractivity contribution < 1.29 is 8.42 Å².